The van der Waals surface area contributed by atoms with Crippen molar-refractivity contribution >= 4 is 34.5 Å². The van der Waals surface area contributed by atoms with Crippen molar-refractivity contribution in [3.05, 3.63) is 28.8 Å². The summed E-state index contributed by atoms with van der Waals surface area (Å²) in [5.74, 6) is 0.795. The van der Waals surface area contributed by atoms with Crippen molar-refractivity contribution in [2.45, 2.75) is 12.8 Å². The average molecular weight is 299 g/mol. The van der Waals surface area contributed by atoms with Crippen molar-refractivity contribution in [2.24, 2.45) is 11.7 Å². The van der Waals surface area contributed by atoms with Crippen LogP contribution >= 0.6 is 23.8 Å². The Hall–Kier alpha value is -0.840. The Morgan fingerprint density at radius 2 is 2.26 bits per heavy atom. The van der Waals surface area contributed by atoms with Crippen LogP contribution in [0.4, 0.5) is 5.69 Å². The van der Waals surface area contributed by atoms with E-state index in [1.54, 1.807) is 6.07 Å². The topological polar surface area (TPSA) is 38.5 Å². The Balaban J connectivity index is 1.95. The molecule has 19 heavy (non-hydrogen) atoms. The Labute approximate surface area is 124 Å². The highest BCUT2D eigenvalue weighted by atomic mass is 35.5. The van der Waals surface area contributed by atoms with Crippen molar-refractivity contribution in [3.63, 3.8) is 0 Å². The van der Waals surface area contributed by atoms with Crippen LogP contribution in [-0.2, 0) is 4.74 Å². The van der Waals surface area contributed by atoms with Gasteiger partial charge in [0, 0.05) is 25.9 Å². The lowest BCUT2D eigenvalue weighted by Crippen LogP contribution is -2.26. The molecule has 1 aliphatic rings. The summed E-state index contributed by atoms with van der Waals surface area (Å²) < 4.78 is 5.64. The van der Waals surface area contributed by atoms with Gasteiger partial charge in [0.1, 0.15) is 4.99 Å². The second-order valence-electron chi connectivity index (χ2n) is 4.94. The SMILES string of the molecule is CN(CCOCC1CC1)c1cccc(Cl)c1C(N)=S. The van der Waals surface area contributed by atoms with Crippen LogP contribution in [0.5, 0.6) is 0 Å². The van der Waals surface area contributed by atoms with E-state index < -0.39 is 0 Å². The van der Waals surface area contributed by atoms with E-state index in [4.69, 9.17) is 34.3 Å². The maximum Gasteiger partial charge on any atom is 0.107 e. The molecule has 2 N–H and O–H groups in total. The van der Waals surface area contributed by atoms with E-state index in [9.17, 15) is 0 Å². The first kappa shape index (κ1) is 14.6. The highest BCUT2D eigenvalue weighted by Crippen LogP contribution is 2.29. The third-order valence-corrected chi connectivity index (χ3v) is 3.79. The van der Waals surface area contributed by atoms with E-state index in [0.717, 1.165) is 30.3 Å². The summed E-state index contributed by atoms with van der Waals surface area (Å²) in [6.45, 7) is 2.38. The predicted octanol–water partition coefficient (Wildman–Crippen LogP) is 2.84. The average Bonchev–Trinajstić information content (AvgIpc) is 3.17. The molecule has 0 atom stereocenters. The summed E-state index contributed by atoms with van der Waals surface area (Å²) in [5.41, 5.74) is 7.44. The van der Waals surface area contributed by atoms with Crippen molar-refractivity contribution in [2.75, 3.05) is 31.7 Å². The number of thiocarbonyl (C=S) groups is 1. The predicted molar refractivity (Wildman–Crippen MR) is 84.2 cm³/mol. The summed E-state index contributed by atoms with van der Waals surface area (Å²) in [4.78, 5) is 2.40. The molecule has 1 aliphatic carbocycles. The molecular formula is C14H19ClN2OS. The smallest absolute Gasteiger partial charge is 0.107 e. The van der Waals surface area contributed by atoms with Gasteiger partial charge in [0.15, 0.2) is 0 Å². The highest BCUT2D eigenvalue weighted by molar-refractivity contribution is 7.80. The molecule has 3 nitrogen and oxygen atoms in total. The molecule has 0 bridgehead atoms. The van der Waals surface area contributed by atoms with Gasteiger partial charge in [-0.1, -0.05) is 29.9 Å². The fraction of sp³-hybridized carbons (Fsp3) is 0.500. The third kappa shape index (κ3) is 4.06. The van der Waals surface area contributed by atoms with E-state index in [2.05, 4.69) is 4.90 Å². The van der Waals surface area contributed by atoms with Gasteiger partial charge >= 0.3 is 0 Å². The van der Waals surface area contributed by atoms with Gasteiger partial charge in [0.05, 0.1) is 17.2 Å². The molecule has 0 unspecified atom stereocenters. The molecule has 1 fully saturated rings. The van der Waals surface area contributed by atoms with Crippen molar-refractivity contribution < 1.29 is 4.74 Å². The number of hydrogen-bond donors (Lipinski definition) is 1. The number of rotatable bonds is 7. The number of hydrogen-bond acceptors (Lipinski definition) is 3. The first-order chi connectivity index (χ1) is 9.09. The largest absolute Gasteiger partial charge is 0.389 e. The number of likely N-dealkylation sites (N-methyl/N-ethyl adjacent to an activating group) is 1. The van der Waals surface area contributed by atoms with Crippen LogP contribution in [0.3, 0.4) is 0 Å². The molecule has 0 aromatic heterocycles. The quantitative estimate of drug-likeness (QED) is 0.620. The number of nitrogens with zero attached hydrogens (tertiary/aromatic N) is 1. The van der Waals surface area contributed by atoms with Crippen molar-refractivity contribution in [1.82, 2.24) is 0 Å². The van der Waals surface area contributed by atoms with Crippen LogP contribution in [0, 0.1) is 5.92 Å². The van der Waals surface area contributed by atoms with Crippen molar-refractivity contribution in [1.29, 1.82) is 0 Å². The lowest BCUT2D eigenvalue weighted by atomic mass is 10.1. The first-order valence-electron chi connectivity index (χ1n) is 6.46. The van der Waals surface area contributed by atoms with Crippen LogP contribution in [0.25, 0.3) is 0 Å². The standard InChI is InChI=1S/C14H19ClN2OS/c1-17(7-8-18-9-10-5-6-10)12-4-2-3-11(15)13(12)14(16)19/h2-4,10H,5-9H2,1H3,(H2,16,19). The maximum absolute atomic E-state index is 6.15. The number of anilines is 1. The lowest BCUT2D eigenvalue weighted by Gasteiger charge is -2.22. The highest BCUT2D eigenvalue weighted by Gasteiger charge is 2.21. The molecule has 0 amide bonds. The second-order valence-corrected chi connectivity index (χ2v) is 5.79. The summed E-state index contributed by atoms with van der Waals surface area (Å²) in [6, 6.07) is 5.68. The zero-order valence-electron chi connectivity index (χ0n) is 11.1. The molecule has 0 saturated heterocycles. The van der Waals surface area contributed by atoms with Crippen LogP contribution in [0.1, 0.15) is 18.4 Å². The molecule has 0 spiro atoms. The molecule has 0 heterocycles. The van der Waals surface area contributed by atoms with Gasteiger partial charge in [-0.05, 0) is 30.9 Å². The van der Waals surface area contributed by atoms with Crippen molar-refractivity contribution in [3.8, 4) is 0 Å². The number of ether oxygens (including phenoxy) is 1. The minimum atomic E-state index is 0.325. The number of halogens is 1. The van der Waals surface area contributed by atoms with E-state index in [-0.39, 0.29) is 0 Å². The van der Waals surface area contributed by atoms with Gasteiger partial charge in [-0.25, -0.2) is 0 Å². The minimum absolute atomic E-state index is 0.325. The molecule has 2 rings (SSSR count). The molecule has 0 radical (unpaired) electrons. The van der Waals surface area contributed by atoms with Crippen LogP contribution in [0.2, 0.25) is 5.02 Å². The molecule has 1 aromatic carbocycles. The number of nitrogens with two attached hydrogens (primary N) is 1. The van der Waals surface area contributed by atoms with Gasteiger partial charge < -0.3 is 15.4 Å². The summed E-state index contributed by atoms with van der Waals surface area (Å²) in [5, 5.41) is 0.593. The fourth-order valence-corrected chi connectivity index (χ4v) is 2.47. The molecule has 0 aliphatic heterocycles. The van der Waals surface area contributed by atoms with E-state index in [1.807, 2.05) is 19.2 Å². The fourth-order valence-electron chi connectivity index (χ4n) is 1.93. The molecule has 104 valence electrons. The van der Waals surface area contributed by atoms with Gasteiger partial charge in [-0.3, -0.25) is 0 Å². The van der Waals surface area contributed by atoms with Gasteiger partial charge in [-0.15, -0.1) is 0 Å². The summed E-state index contributed by atoms with van der Waals surface area (Å²) in [6.07, 6.45) is 2.63. The van der Waals surface area contributed by atoms with Crippen LogP contribution in [0.15, 0.2) is 18.2 Å². The van der Waals surface area contributed by atoms with Crippen LogP contribution < -0.4 is 10.6 Å². The summed E-state index contributed by atoms with van der Waals surface area (Å²) >= 11 is 11.2. The minimum Gasteiger partial charge on any atom is -0.389 e. The zero-order valence-corrected chi connectivity index (χ0v) is 12.6. The maximum atomic E-state index is 6.15. The third-order valence-electron chi connectivity index (χ3n) is 3.27. The zero-order chi connectivity index (χ0) is 13.8. The van der Waals surface area contributed by atoms with E-state index in [1.165, 1.54) is 12.8 Å². The molecule has 1 aromatic rings. The summed E-state index contributed by atoms with van der Waals surface area (Å²) in [7, 11) is 1.99. The molecule has 1 saturated carbocycles. The Morgan fingerprint density at radius 3 is 2.89 bits per heavy atom. The first-order valence-corrected chi connectivity index (χ1v) is 7.25. The van der Waals surface area contributed by atoms with E-state index in [0.29, 0.717) is 16.6 Å². The Kier molecular flexibility index (Phi) is 5.02. The monoisotopic (exact) mass is 298 g/mol. The Morgan fingerprint density at radius 1 is 1.53 bits per heavy atom. The van der Waals surface area contributed by atoms with Gasteiger partial charge in [0.25, 0.3) is 0 Å². The lowest BCUT2D eigenvalue weighted by molar-refractivity contribution is 0.131. The normalized spacial score (nSPS) is 14.4. The van der Waals surface area contributed by atoms with Gasteiger partial charge in [-0.2, -0.15) is 0 Å². The second kappa shape index (κ2) is 6.55. The van der Waals surface area contributed by atoms with Gasteiger partial charge in [0.2, 0.25) is 0 Å². The molecular weight excluding hydrogens is 280 g/mol. The number of benzene rings is 1. The Bertz CT molecular complexity index is 463. The van der Waals surface area contributed by atoms with Crippen LogP contribution in [-0.4, -0.2) is 31.8 Å². The van der Waals surface area contributed by atoms with E-state index >= 15 is 0 Å². The molecule has 5 heteroatoms.